The van der Waals surface area contributed by atoms with E-state index >= 15 is 0 Å². The van der Waals surface area contributed by atoms with Crippen molar-refractivity contribution in [2.45, 2.75) is 18.9 Å². The van der Waals surface area contributed by atoms with Crippen LogP contribution in [0.2, 0.25) is 0 Å². The maximum Gasteiger partial charge on any atom is 0.310 e. The van der Waals surface area contributed by atoms with Crippen LogP contribution in [0.5, 0.6) is 5.75 Å². The fraction of sp³-hybridized carbons (Fsp3) is 0.538. The zero-order valence-corrected chi connectivity index (χ0v) is 10.7. The van der Waals surface area contributed by atoms with Gasteiger partial charge in [-0.1, -0.05) is 12.1 Å². The molecule has 104 valence electrons. The first kappa shape index (κ1) is 13.8. The van der Waals surface area contributed by atoms with Crippen molar-refractivity contribution in [3.63, 3.8) is 0 Å². The summed E-state index contributed by atoms with van der Waals surface area (Å²) in [5, 5.41) is 20.0. The highest BCUT2D eigenvalue weighted by atomic mass is 16.6. The molecule has 19 heavy (non-hydrogen) atoms. The van der Waals surface area contributed by atoms with Crippen molar-refractivity contribution in [1.82, 2.24) is 4.90 Å². The van der Waals surface area contributed by atoms with Gasteiger partial charge in [-0.2, -0.15) is 0 Å². The number of hydrogen-bond donors (Lipinski definition) is 1. The van der Waals surface area contributed by atoms with Gasteiger partial charge in [-0.05, 0) is 25.5 Å². The molecule has 1 saturated heterocycles. The molecule has 0 aliphatic carbocycles. The van der Waals surface area contributed by atoms with E-state index in [9.17, 15) is 15.2 Å². The summed E-state index contributed by atoms with van der Waals surface area (Å²) in [6.45, 7) is 2.18. The molecule has 1 aromatic carbocycles. The summed E-state index contributed by atoms with van der Waals surface area (Å²) < 4.78 is 5.49. The van der Waals surface area contributed by atoms with Crippen molar-refractivity contribution in [2.75, 3.05) is 26.3 Å². The molecule has 0 unspecified atom stereocenters. The highest BCUT2D eigenvalue weighted by Crippen LogP contribution is 2.26. The molecule has 1 aliphatic heterocycles. The van der Waals surface area contributed by atoms with E-state index < -0.39 is 4.92 Å². The van der Waals surface area contributed by atoms with Crippen LogP contribution in [0.3, 0.4) is 0 Å². The SMILES string of the molecule is O=[N+]([O-])c1ccccc1OCCN1CCC[C@@H]1CO. The quantitative estimate of drug-likeness (QED) is 0.622. The van der Waals surface area contributed by atoms with E-state index in [-0.39, 0.29) is 18.3 Å². The van der Waals surface area contributed by atoms with Crippen LogP contribution in [-0.4, -0.2) is 47.3 Å². The second kappa shape index (κ2) is 6.49. The van der Waals surface area contributed by atoms with Crippen LogP contribution in [0.1, 0.15) is 12.8 Å². The minimum Gasteiger partial charge on any atom is -0.485 e. The van der Waals surface area contributed by atoms with Gasteiger partial charge in [0, 0.05) is 18.7 Å². The van der Waals surface area contributed by atoms with Crippen LogP contribution in [0, 0.1) is 10.1 Å². The fourth-order valence-electron chi connectivity index (χ4n) is 2.40. The lowest BCUT2D eigenvalue weighted by atomic mass is 10.2. The Kier molecular flexibility index (Phi) is 4.70. The molecule has 0 spiro atoms. The zero-order chi connectivity index (χ0) is 13.7. The van der Waals surface area contributed by atoms with Crippen LogP contribution in [0.25, 0.3) is 0 Å². The number of rotatable bonds is 6. The molecule has 6 heteroatoms. The lowest BCUT2D eigenvalue weighted by Gasteiger charge is -2.22. The maximum absolute atomic E-state index is 10.8. The van der Waals surface area contributed by atoms with Gasteiger partial charge in [-0.25, -0.2) is 0 Å². The highest BCUT2D eigenvalue weighted by molar-refractivity contribution is 5.45. The van der Waals surface area contributed by atoms with Crippen LogP contribution in [0.4, 0.5) is 5.69 Å². The van der Waals surface area contributed by atoms with Crippen molar-refractivity contribution in [2.24, 2.45) is 0 Å². The third-order valence-electron chi connectivity index (χ3n) is 3.41. The number of nitro benzene ring substituents is 1. The minimum absolute atomic E-state index is 0.0115. The molecule has 0 saturated carbocycles. The predicted octanol–water partition coefficient (Wildman–Crippen LogP) is 1.43. The lowest BCUT2D eigenvalue weighted by Crippen LogP contribution is -2.35. The molecule has 0 aromatic heterocycles. The average molecular weight is 266 g/mol. The Balaban J connectivity index is 1.87. The molecule has 2 rings (SSSR count). The number of aliphatic hydroxyl groups excluding tert-OH is 1. The molecular formula is C13H18N2O4. The third kappa shape index (κ3) is 3.42. The normalized spacial score (nSPS) is 19.5. The Bertz CT molecular complexity index is 438. The molecule has 0 bridgehead atoms. The van der Waals surface area contributed by atoms with Gasteiger partial charge in [0.05, 0.1) is 11.5 Å². The summed E-state index contributed by atoms with van der Waals surface area (Å²) in [6.07, 6.45) is 2.08. The van der Waals surface area contributed by atoms with Gasteiger partial charge in [-0.3, -0.25) is 15.0 Å². The zero-order valence-electron chi connectivity index (χ0n) is 10.7. The number of benzene rings is 1. The summed E-state index contributed by atoms with van der Waals surface area (Å²) in [5.41, 5.74) is -0.0115. The molecule has 1 N–H and O–H groups in total. The Morgan fingerprint density at radius 1 is 1.47 bits per heavy atom. The van der Waals surface area contributed by atoms with Crippen LogP contribution in [-0.2, 0) is 0 Å². The first-order valence-electron chi connectivity index (χ1n) is 6.43. The lowest BCUT2D eigenvalue weighted by molar-refractivity contribution is -0.385. The Morgan fingerprint density at radius 3 is 3.00 bits per heavy atom. The highest BCUT2D eigenvalue weighted by Gasteiger charge is 2.23. The van der Waals surface area contributed by atoms with Crippen LogP contribution in [0.15, 0.2) is 24.3 Å². The number of ether oxygens (including phenoxy) is 1. The number of para-hydroxylation sites is 2. The van der Waals surface area contributed by atoms with E-state index in [1.165, 1.54) is 6.07 Å². The Labute approximate surface area is 111 Å². The van der Waals surface area contributed by atoms with Gasteiger partial charge in [0.2, 0.25) is 0 Å². The summed E-state index contributed by atoms with van der Waals surface area (Å²) in [6, 6.07) is 6.57. The molecule has 1 atom stereocenters. The number of hydrogen-bond acceptors (Lipinski definition) is 5. The van der Waals surface area contributed by atoms with Gasteiger partial charge in [0.25, 0.3) is 0 Å². The average Bonchev–Trinajstić information content (AvgIpc) is 2.86. The molecule has 1 aliphatic rings. The van der Waals surface area contributed by atoms with E-state index in [2.05, 4.69) is 4.90 Å². The second-order valence-corrected chi connectivity index (χ2v) is 4.59. The van der Waals surface area contributed by atoms with Gasteiger partial charge in [0.15, 0.2) is 5.75 Å². The monoisotopic (exact) mass is 266 g/mol. The standard InChI is InChI=1S/C13H18N2O4/c16-10-11-4-3-7-14(11)8-9-19-13-6-2-1-5-12(13)15(17)18/h1-2,5-6,11,16H,3-4,7-10H2/t11-/m1/s1. The van der Waals surface area contributed by atoms with Crippen molar-refractivity contribution in [3.05, 3.63) is 34.4 Å². The third-order valence-corrected chi connectivity index (χ3v) is 3.41. The summed E-state index contributed by atoms with van der Waals surface area (Å²) in [4.78, 5) is 12.5. The van der Waals surface area contributed by atoms with E-state index in [1.54, 1.807) is 18.2 Å². The molecule has 1 fully saturated rings. The van der Waals surface area contributed by atoms with E-state index in [1.807, 2.05) is 0 Å². The Morgan fingerprint density at radius 2 is 2.26 bits per heavy atom. The largest absolute Gasteiger partial charge is 0.485 e. The van der Waals surface area contributed by atoms with Crippen molar-refractivity contribution >= 4 is 5.69 Å². The first-order chi connectivity index (χ1) is 9.22. The topological polar surface area (TPSA) is 75.8 Å². The maximum atomic E-state index is 10.8. The first-order valence-corrected chi connectivity index (χ1v) is 6.43. The van der Waals surface area contributed by atoms with E-state index in [4.69, 9.17) is 4.74 Å². The number of nitro groups is 1. The second-order valence-electron chi connectivity index (χ2n) is 4.59. The van der Waals surface area contributed by atoms with Gasteiger partial charge in [0.1, 0.15) is 6.61 Å². The molecule has 0 radical (unpaired) electrons. The van der Waals surface area contributed by atoms with Gasteiger partial charge >= 0.3 is 5.69 Å². The summed E-state index contributed by atoms with van der Waals surface area (Å²) >= 11 is 0. The number of nitrogens with zero attached hydrogens (tertiary/aromatic N) is 2. The van der Waals surface area contributed by atoms with E-state index in [0.717, 1.165) is 19.4 Å². The molecule has 1 heterocycles. The molecular weight excluding hydrogens is 248 g/mol. The Hall–Kier alpha value is -1.66. The van der Waals surface area contributed by atoms with E-state index in [0.29, 0.717) is 18.9 Å². The van der Waals surface area contributed by atoms with Crippen molar-refractivity contribution in [1.29, 1.82) is 0 Å². The molecule has 6 nitrogen and oxygen atoms in total. The van der Waals surface area contributed by atoms with Crippen molar-refractivity contribution in [3.8, 4) is 5.75 Å². The van der Waals surface area contributed by atoms with Gasteiger partial charge in [-0.15, -0.1) is 0 Å². The molecule has 0 amide bonds. The van der Waals surface area contributed by atoms with Crippen molar-refractivity contribution < 1.29 is 14.8 Å². The van der Waals surface area contributed by atoms with Crippen LogP contribution >= 0.6 is 0 Å². The fourth-order valence-corrected chi connectivity index (χ4v) is 2.40. The number of aliphatic hydroxyl groups is 1. The molecule has 1 aromatic rings. The number of likely N-dealkylation sites (tertiary alicyclic amines) is 1. The van der Waals surface area contributed by atoms with Crippen LogP contribution < -0.4 is 4.74 Å². The summed E-state index contributed by atoms with van der Waals surface area (Å²) in [5.74, 6) is 0.298. The van der Waals surface area contributed by atoms with Gasteiger partial charge < -0.3 is 9.84 Å². The predicted molar refractivity (Wildman–Crippen MR) is 70.3 cm³/mol. The smallest absolute Gasteiger partial charge is 0.310 e. The summed E-state index contributed by atoms with van der Waals surface area (Å²) in [7, 11) is 0. The minimum atomic E-state index is -0.443.